The Balaban J connectivity index is 2.23. The molecule has 3 rings (SSSR count). The van der Waals surface area contributed by atoms with Crippen LogP contribution in [0.2, 0.25) is 5.15 Å². The van der Waals surface area contributed by atoms with E-state index in [1.807, 2.05) is 49.6 Å². The summed E-state index contributed by atoms with van der Waals surface area (Å²) in [6.07, 6.45) is 3.77. The van der Waals surface area contributed by atoms with Crippen molar-refractivity contribution in [2.45, 2.75) is 6.92 Å². The number of halogens is 1. The molecule has 0 radical (unpaired) electrons. The van der Waals surface area contributed by atoms with Crippen molar-refractivity contribution in [1.29, 1.82) is 0 Å². The Bertz CT molecular complexity index is 674. The normalized spacial score (nSPS) is 10.9. The molecular formula is C13H10ClN3. The predicted molar refractivity (Wildman–Crippen MR) is 68.2 cm³/mol. The van der Waals surface area contributed by atoms with E-state index in [1.54, 1.807) is 4.40 Å². The van der Waals surface area contributed by atoms with Crippen molar-refractivity contribution in [3.63, 3.8) is 0 Å². The first-order chi connectivity index (χ1) is 8.25. The smallest absolute Gasteiger partial charge is 0.235 e. The van der Waals surface area contributed by atoms with Gasteiger partial charge in [0.2, 0.25) is 5.78 Å². The molecule has 0 bridgehead atoms. The van der Waals surface area contributed by atoms with Crippen molar-refractivity contribution in [1.82, 2.24) is 14.4 Å². The zero-order valence-corrected chi connectivity index (χ0v) is 10.0. The van der Waals surface area contributed by atoms with Gasteiger partial charge in [0.1, 0.15) is 5.15 Å². The van der Waals surface area contributed by atoms with E-state index in [0.717, 1.165) is 16.8 Å². The Morgan fingerprint density at radius 2 is 1.88 bits per heavy atom. The highest BCUT2D eigenvalue weighted by Gasteiger charge is 2.08. The molecule has 4 heteroatoms. The molecule has 2 aromatic heterocycles. The summed E-state index contributed by atoms with van der Waals surface area (Å²) in [4.78, 5) is 8.57. The van der Waals surface area contributed by atoms with Crippen LogP contribution in [0.5, 0.6) is 0 Å². The van der Waals surface area contributed by atoms with E-state index in [4.69, 9.17) is 11.6 Å². The SMILES string of the molecule is Cc1nc2ncc(-c3ccccc3)cn2c1Cl. The minimum Gasteiger partial charge on any atom is -0.273 e. The van der Waals surface area contributed by atoms with Crippen molar-refractivity contribution in [2.75, 3.05) is 0 Å². The number of aromatic nitrogens is 3. The lowest BCUT2D eigenvalue weighted by atomic mass is 10.1. The first-order valence-electron chi connectivity index (χ1n) is 5.31. The van der Waals surface area contributed by atoms with Crippen LogP contribution < -0.4 is 0 Å². The van der Waals surface area contributed by atoms with Crippen molar-refractivity contribution >= 4 is 17.4 Å². The highest BCUT2D eigenvalue weighted by atomic mass is 35.5. The van der Waals surface area contributed by atoms with Gasteiger partial charge in [0.15, 0.2) is 0 Å². The van der Waals surface area contributed by atoms with Crippen LogP contribution in [-0.2, 0) is 0 Å². The maximum atomic E-state index is 6.16. The monoisotopic (exact) mass is 243 g/mol. The lowest BCUT2D eigenvalue weighted by Gasteiger charge is -2.02. The highest BCUT2D eigenvalue weighted by Crippen LogP contribution is 2.21. The standard InChI is InChI=1S/C13H10ClN3/c1-9-12(14)17-8-11(7-15-13(17)16-9)10-5-3-2-4-6-10/h2-8H,1H3. The molecule has 17 heavy (non-hydrogen) atoms. The van der Waals surface area contributed by atoms with Crippen molar-refractivity contribution < 1.29 is 0 Å². The molecule has 0 unspecified atom stereocenters. The van der Waals surface area contributed by atoms with Gasteiger partial charge in [0.25, 0.3) is 0 Å². The molecule has 0 fully saturated rings. The molecule has 0 N–H and O–H groups in total. The maximum Gasteiger partial charge on any atom is 0.235 e. The number of rotatable bonds is 1. The average Bonchev–Trinajstić information content (AvgIpc) is 2.66. The summed E-state index contributed by atoms with van der Waals surface area (Å²) in [6.45, 7) is 1.87. The largest absolute Gasteiger partial charge is 0.273 e. The van der Waals surface area contributed by atoms with Crippen LogP contribution in [-0.4, -0.2) is 14.4 Å². The van der Waals surface area contributed by atoms with Crippen LogP contribution in [0.3, 0.4) is 0 Å². The summed E-state index contributed by atoms with van der Waals surface area (Å²) in [5, 5.41) is 0.616. The molecule has 0 aliphatic carbocycles. The van der Waals surface area contributed by atoms with E-state index >= 15 is 0 Å². The summed E-state index contributed by atoms with van der Waals surface area (Å²) >= 11 is 6.16. The minimum atomic E-state index is 0.616. The third-order valence-corrected chi connectivity index (χ3v) is 3.14. The lowest BCUT2D eigenvalue weighted by Crippen LogP contribution is -1.90. The number of aryl methyl sites for hydroxylation is 1. The van der Waals surface area contributed by atoms with Gasteiger partial charge in [-0.25, -0.2) is 9.97 Å². The maximum absolute atomic E-state index is 6.16. The van der Waals surface area contributed by atoms with Gasteiger partial charge in [-0.3, -0.25) is 4.40 Å². The fourth-order valence-electron chi connectivity index (χ4n) is 1.80. The van der Waals surface area contributed by atoms with Gasteiger partial charge >= 0.3 is 0 Å². The highest BCUT2D eigenvalue weighted by molar-refractivity contribution is 6.30. The third kappa shape index (κ3) is 1.68. The molecule has 0 saturated heterocycles. The quantitative estimate of drug-likeness (QED) is 0.656. The molecule has 0 atom stereocenters. The van der Waals surface area contributed by atoms with Crippen LogP contribution in [0.4, 0.5) is 0 Å². The van der Waals surface area contributed by atoms with E-state index in [2.05, 4.69) is 9.97 Å². The van der Waals surface area contributed by atoms with Gasteiger partial charge in [-0.2, -0.15) is 0 Å². The number of hydrogen-bond acceptors (Lipinski definition) is 2. The molecule has 0 saturated carbocycles. The summed E-state index contributed by atoms with van der Waals surface area (Å²) in [5.41, 5.74) is 2.94. The molecule has 84 valence electrons. The topological polar surface area (TPSA) is 30.2 Å². The average molecular weight is 244 g/mol. The zero-order valence-electron chi connectivity index (χ0n) is 9.26. The molecule has 3 nitrogen and oxygen atoms in total. The summed E-state index contributed by atoms with van der Waals surface area (Å²) < 4.78 is 1.80. The number of benzene rings is 1. The Morgan fingerprint density at radius 1 is 1.12 bits per heavy atom. The van der Waals surface area contributed by atoms with Gasteiger partial charge in [0.05, 0.1) is 5.69 Å². The van der Waals surface area contributed by atoms with E-state index in [9.17, 15) is 0 Å². The second-order valence-corrected chi connectivity index (χ2v) is 4.22. The van der Waals surface area contributed by atoms with Gasteiger partial charge in [-0.1, -0.05) is 41.9 Å². The van der Waals surface area contributed by atoms with Gasteiger partial charge in [-0.15, -0.1) is 0 Å². The van der Waals surface area contributed by atoms with E-state index in [0.29, 0.717) is 10.9 Å². The van der Waals surface area contributed by atoms with Crippen LogP contribution in [0.1, 0.15) is 5.69 Å². The van der Waals surface area contributed by atoms with Crippen LogP contribution in [0, 0.1) is 6.92 Å². The second kappa shape index (κ2) is 3.86. The second-order valence-electron chi connectivity index (χ2n) is 3.87. The lowest BCUT2D eigenvalue weighted by molar-refractivity contribution is 1.11. The number of hydrogen-bond donors (Lipinski definition) is 0. The van der Waals surface area contributed by atoms with Crippen LogP contribution in [0.25, 0.3) is 16.9 Å². The number of imidazole rings is 1. The Kier molecular flexibility index (Phi) is 2.34. The molecule has 0 aliphatic heterocycles. The van der Waals surface area contributed by atoms with Crippen molar-refractivity contribution in [3.05, 3.63) is 53.6 Å². The molecule has 0 spiro atoms. The first kappa shape index (κ1) is 10.3. The summed E-state index contributed by atoms with van der Waals surface area (Å²) in [6, 6.07) is 10.1. The van der Waals surface area contributed by atoms with E-state index in [1.165, 1.54) is 0 Å². The number of nitrogens with zero attached hydrogens (tertiary/aromatic N) is 3. The third-order valence-electron chi connectivity index (χ3n) is 2.69. The van der Waals surface area contributed by atoms with Gasteiger partial charge < -0.3 is 0 Å². The minimum absolute atomic E-state index is 0.616. The molecule has 2 heterocycles. The van der Waals surface area contributed by atoms with E-state index < -0.39 is 0 Å². The molecule has 0 aliphatic rings. The van der Waals surface area contributed by atoms with Gasteiger partial charge in [-0.05, 0) is 12.5 Å². The number of fused-ring (bicyclic) bond motifs is 1. The van der Waals surface area contributed by atoms with Crippen molar-refractivity contribution in [3.8, 4) is 11.1 Å². The predicted octanol–water partition coefficient (Wildman–Crippen LogP) is 3.36. The first-order valence-corrected chi connectivity index (χ1v) is 5.69. The molecular weight excluding hydrogens is 234 g/mol. The molecule has 3 aromatic rings. The van der Waals surface area contributed by atoms with Crippen LogP contribution in [0.15, 0.2) is 42.7 Å². The zero-order chi connectivity index (χ0) is 11.8. The van der Waals surface area contributed by atoms with E-state index in [-0.39, 0.29) is 0 Å². The molecule has 0 amide bonds. The van der Waals surface area contributed by atoms with Gasteiger partial charge in [0, 0.05) is 18.0 Å². The summed E-state index contributed by atoms with van der Waals surface area (Å²) in [5.74, 6) is 0.632. The fraction of sp³-hybridized carbons (Fsp3) is 0.0769. The Hall–Kier alpha value is -1.87. The van der Waals surface area contributed by atoms with Crippen LogP contribution >= 0.6 is 11.6 Å². The molecule has 1 aromatic carbocycles. The Morgan fingerprint density at radius 3 is 2.65 bits per heavy atom. The summed E-state index contributed by atoms with van der Waals surface area (Å²) in [7, 11) is 0. The van der Waals surface area contributed by atoms with Crippen molar-refractivity contribution in [2.24, 2.45) is 0 Å². The fourth-order valence-corrected chi connectivity index (χ4v) is 1.96. The Labute approximate surface area is 104 Å².